The number of allylic oxidation sites excluding steroid dienone is 2. The molecule has 0 spiro atoms. The van der Waals surface area contributed by atoms with Crippen LogP contribution in [-0.4, -0.2) is 31.4 Å². The summed E-state index contributed by atoms with van der Waals surface area (Å²) in [6.07, 6.45) is 0. The lowest BCUT2D eigenvalue weighted by atomic mass is 9.84. The molecule has 3 nitrogen and oxygen atoms in total. The van der Waals surface area contributed by atoms with E-state index < -0.39 is 49.2 Å². The predicted octanol–water partition coefficient (Wildman–Crippen LogP) is 3.42. The molecule has 0 radical (unpaired) electrons. The molecular formula is C12H6Cl6O3. The van der Waals surface area contributed by atoms with Crippen molar-refractivity contribution in [1.29, 1.82) is 0 Å². The van der Waals surface area contributed by atoms with Crippen LogP contribution in [0.3, 0.4) is 0 Å². The lowest BCUT2D eigenvalue weighted by Crippen LogP contribution is -2.48. The highest BCUT2D eigenvalue weighted by atomic mass is 35.5. The second kappa shape index (κ2) is 4.31. The lowest BCUT2D eigenvalue weighted by Gasteiger charge is -2.33. The van der Waals surface area contributed by atoms with Crippen molar-refractivity contribution < 1.29 is 14.4 Å². The van der Waals surface area contributed by atoms with Crippen molar-refractivity contribution in [3.8, 4) is 0 Å². The van der Waals surface area contributed by atoms with Gasteiger partial charge in [0.1, 0.15) is 21.4 Å². The van der Waals surface area contributed by atoms with E-state index >= 15 is 0 Å². The zero-order chi connectivity index (χ0) is 16.1. The van der Waals surface area contributed by atoms with Crippen LogP contribution in [0.4, 0.5) is 0 Å². The van der Waals surface area contributed by atoms with Crippen LogP contribution >= 0.6 is 69.6 Å². The predicted molar refractivity (Wildman–Crippen MR) is 81.5 cm³/mol. The number of rotatable bonds is 1. The molecule has 3 rings (SSSR count). The smallest absolute Gasteiger partial charge is 0.167 e. The number of fused-ring (bicyclic) bond motifs is 5. The number of hydrogen-bond acceptors (Lipinski definition) is 3. The molecule has 0 amide bonds. The average molecular weight is 411 g/mol. The van der Waals surface area contributed by atoms with Crippen molar-refractivity contribution in [2.24, 2.45) is 17.8 Å². The minimum atomic E-state index is -1.94. The van der Waals surface area contributed by atoms with Crippen molar-refractivity contribution in [2.45, 2.75) is 21.0 Å². The number of carbonyl (C=O) groups excluding carboxylic acids is 3. The molecule has 21 heavy (non-hydrogen) atoms. The standard InChI is InChI=1S/C12H6Cl6O3/c1-2(19)3-6(20)4-5(7(3)21)11(16)9(14)8(13)10(4,15)12(11,17)18/h3-5H,1H3/t4-,5-,10+,11+/m0/s1. The maximum atomic E-state index is 12.5. The quantitative estimate of drug-likeness (QED) is 0.491. The summed E-state index contributed by atoms with van der Waals surface area (Å²) in [6, 6.07) is 0. The van der Waals surface area contributed by atoms with E-state index in [2.05, 4.69) is 0 Å². The van der Waals surface area contributed by atoms with Gasteiger partial charge in [-0.25, -0.2) is 0 Å². The fourth-order valence-corrected chi connectivity index (χ4v) is 6.56. The molecule has 9 heteroatoms. The number of halogens is 6. The number of ketones is 3. The van der Waals surface area contributed by atoms with Gasteiger partial charge in [0.15, 0.2) is 15.9 Å². The minimum absolute atomic E-state index is 0.155. The summed E-state index contributed by atoms with van der Waals surface area (Å²) in [7, 11) is 0. The number of carbonyl (C=O) groups is 3. The van der Waals surface area contributed by atoms with Gasteiger partial charge < -0.3 is 0 Å². The third-order valence-electron chi connectivity index (χ3n) is 4.52. The molecule has 3 aliphatic rings. The Balaban J connectivity index is 2.31. The molecule has 114 valence electrons. The van der Waals surface area contributed by atoms with Gasteiger partial charge >= 0.3 is 0 Å². The molecule has 2 fully saturated rings. The van der Waals surface area contributed by atoms with E-state index in [1.165, 1.54) is 0 Å². The first-order valence-electron chi connectivity index (χ1n) is 5.85. The molecule has 2 bridgehead atoms. The van der Waals surface area contributed by atoms with E-state index in [0.717, 1.165) is 6.92 Å². The number of alkyl halides is 4. The molecule has 0 N–H and O–H groups in total. The Bertz CT molecular complexity index is 609. The third kappa shape index (κ3) is 1.41. The van der Waals surface area contributed by atoms with E-state index in [1.807, 2.05) is 0 Å². The summed E-state index contributed by atoms with van der Waals surface area (Å²) in [6.45, 7) is 1.15. The summed E-state index contributed by atoms with van der Waals surface area (Å²) >= 11 is 37.6. The van der Waals surface area contributed by atoms with Gasteiger partial charge in [0, 0.05) is 0 Å². The van der Waals surface area contributed by atoms with E-state index in [4.69, 9.17) is 69.6 Å². The van der Waals surface area contributed by atoms with Gasteiger partial charge in [0.25, 0.3) is 0 Å². The van der Waals surface area contributed by atoms with Crippen molar-refractivity contribution in [3.05, 3.63) is 10.1 Å². The topological polar surface area (TPSA) is 51.2 Å². The van der Waals surface area contributed by atoms with Crippen molar-refractivity contribution >= 4 is 87.0 Å². The second-order valence-corrected chi connectivity index (χ2v) is 8.71. The van der Waals surface area contributed by atoms with Crippen LogP contribution in [0.15, 0.2) is 10.1 Å². The van der Waals surface area contributed by atoms with E-state index in [1.54, 1.807) is 0 Å². The number of hydrogen-bond donors (Lipinski definition) is 0. The first-order valence-corrected chi connectivity index (χ1v) is 8.12. The second-order valence-electron chi connectivity index (χ2n) is 5.43. The number of Topliss-reactive ketones (excluding diaryl/α,β-unsaturated/α-hetero) is 3. The van der Waals surface area contributed by atoms with E-state index in [0.29, 0.717) is 0 Å². The van der Waals surface area contributed by atoms with Crippen LogP contribution in [0.25, 0.3) is 0 Å². The average Bonchev–Trinajstić information content (AvgIpc) is 2.75. The summed E-state index contributed by atoms with van der Waals surface area (Å²) in [4.78, 5) is 32.9. The van der Waals surface area contributed by atoms with Crippen LogP contribution in [0, 0.1) is 17.8 Å². The minimum Gasteiger partial charge on any atom is -0.299 e. The molecule has 0 aromatic carbocycles. The maximum Gasteiger partial charge on any atom is 0.167 e. The Morgan fingerprint density at radius 3 is 1.52 bits per heavy atom. The van der Waals surface area contributed by atoms with Crippen LogP contribution < -0.4 is 0 Å². The molecular weight excluding hydrogens is 405 g/mol. The largest absolute Gasteiger partial charge is 0.299 e. The van der Waals surface area contributed by atoms with Crippen LogP contribution in [0.2, 0.25) is 0 Å². The Kier molecular flexibility index (Phi) is 3.36. The van der Waals surface area contributed by atoms with E-state index in [-0.39, 0.29) is 10.1 Å². The van der Waals surface area contributed by atoms with Crippen LogP contribution in [0.1, 0.15) is 6.92 Å². The van der Waals surface area contributed by atoms with Gasteiger partial charge in [0.05, 0.1) is 21.9 Å². The highest BCUT2D eigenvalue weighted by molar-refractivity contribution is 6.67. The highest BCUT2D eigenvalue weighted by Crippen LogP contribution is 2.78. The van der Waals surface area contributed by atoms with Gasteiger partial charge in [-0.05, 0) is 6.92 Å². The molecule has 0 heterocycles. The van der Waals surface area contributed by atoms with Crippen LogP contribution in [0.5, 0.6) is 0 Å². The fraction of sp³-hybridized carbons (Fsp3) is 0.583. The summed E-state index contributed by atoms with van der Waals surface area (Å²) < 4.78 is -1.94. The summed E-state index contributed by atoms with van der Waals surface area (Å²) in [5.74, 6) is -5.69. The van der Waals surface area contributed by atoms with Gasteiger partial charge in [0.2, 0.25) is 0 Å². The van der Waals surface area contributed by atoms with Crippen molar-refractivity contribution in [3.63, 3.8) is 0 Å². The van der Waals surface area contributed by atoms with Crippen molar-refractivity contribution in [1.82, 2.24) is 0 Å². The maximum absolute atomic E-state index is 12.5. The first-order chi connectivity index (χ1) is 9.45. The van der Waals surface area contributed by atoms with Crippen molar-refractivity contribution in [2.75, 3.05) is 0 Å². The lowest BCUT2D eigenvalue weighted by molar-refractivity contribution is -0.136. The highest BCUT2D eigenvalue weighted by Gasteiger charge is 2.87. The zero-order valence-corrected chi connectivity index (χ0v) is 14.8. The summed E-state index contributed by atoms with van der Waals surface area (Å²) in [5, 5.41) is -0.310. The SMILES string of the molecule is CC(=O)C1C(=O)[C@@H]2[C@@H](C1=O)[C@@]1(Cl)C(Cl)=C(Cl)[C@@]2(Cl)C1(Cl)Cl. The molecule has 0 aromatic heterocycles. The molecule has 0 aliphatic heterocycles. The monoisotopic (exact) mass is 408 g/mol. The van der Waals surface area contributed by atoms with Gasteiger partial charge in [-0.1, -0.05) is 46.4 Å². The first kappa shape index (κ1) is 16.4. The molecule has 0 aromatic rings. The molecule has 4 atom stereocenters. The Hall–Kier alpha value is 0.490. The van der Waals surface area contributed by atoms with Gasteiger partial charge in [-0.3, -0.25) is 14.4 Å². The fourth-order valence-electron chi connectivity index (χ4n) is 3.60. The molecule has 3 aliphatic carbocycles. The third-order valence-corrected chi connectivity index (χ3v) is 8.78. The summed E-state index contributed by atoms with van der Waals surface area (Å²) in [5.41, 5.74) is 0. The van der Waals surface area contributed by atoms with Gasteiger partial charge in [-0.15, -0.1) is 23.2 Å². The Labute approximate surface area is 149 Å². The zero-order valence-electron chi connectivity index (χ0n) is 10.2. The molecule has 0 saturated heterocycles. The van der Waals surface area contributed by atoms with E-state index in [9.17, 15) is 14.4 Å². The van der Waals surface area contributed by atoms with Gasteiger partial charge in [-0.2, -0.15) is 0 Å². The molecule has 0 unspecified atom stereocenters. The Morgan fingerprint density at radius 2 is 1.24 bits per heavy atom. The Morgan fingerprint density at radius 1 is 0.905 bits per heavy atom. The van der Waals surface area contributed by atoms with Crippen LogP contribution in [-0.2, 0) is 14.4 Å². The normalized spacial score (nSPS) is 44.7. The molecule has 2 saturated carbocycles.